The molecule has 1 amide bonds. The van der Waals surface area contributed by atoms with Gasteiger partial charge in [-0.3, -0.25) is 4.79 Å². The van der Waals surface area contributed by atoms with E-state index in [0.29, 0.717) is 13.2 Å². The second kappa shape index (κ2) is 11.2. The molecule has 0 saturated heterocycles. The average Bonchev–Trinajstić information content (AvgIpc) is 3.30. The number of fused-ring (bicyclic) bond motifs is 1. The molecule has 4 aromatic rings. The summed E-state index contributed by atoms with van der Waals surface area (Å²) >= 11 is 1.66. The number of aryl methyl sites for hydroxylation is 1. The topological polar surface area (TPSA) is 50.7 Å². The Morgan fingerprint density at radius 2 is 1.57 bits per heavy atom. The normalized spacial score (nSPS) is 12.9. The first-order chi connectivity index (χ1) is 17.3. The van der Waals surface area contributed by atoms with E-state index in [-0.39, 0.29) is 5.91 Å². The molecular formula is C30H28N2O2S. The van der Waals surface area contributed by atoms with E-state index in [4.69, 9.17) is 9.73 Å². The van der Waals surface area contributed by atoms with Crippen LogP contribution in [0, 0.1) is 0 Å². The van der Waals surface area contributed by atoms with Crippen molar-refractivity contribution in [2.75, 3.05) is 0 Å². The molecule has 176 valence electrons. The number of carbonyl (C=O) groups is 1. The number of aliphatic imine (C=N–C) groups is 1. The van der Waals surface area contributed by atoms with Crippen molar-refractivity contribution >= 4 is 28.5 Å². The highest BCUT2D eigenvalue weighted by molar-refractivity contribution is 7.16. The average molecular weight is 481 g/mol. The second-order valence-corrected chi connectivity index (χ2v) is 9.74. The van der Waals surface area contributed by atoms with Gasteiger partial charge in [-0.1, -0.05) is 60.7 Å². The van der Waals surface area contributed by atoms with E-state index in [1.807, 2.05) is 79.0 Å². The maximum absolute atomic E-state index is 13.2. The minimum Gasteiger partial charge on any atom is -0.489 e. The van der Waals surface area contributed by atoms with Gasteiger partial charge in [-0.2, -0.15) is 0 Å². The third-order valence-corrected chi connectivity index (χ3v) is 7.33. The van der Waals surface area contributed by atoms with Gasteiger partial charge >= 0.3 is 0 Å². The Kier molecular flexibility index (Phi) is 7.35. The first kappa shape index (κ1) is 23.1. The van der Waals surface area contributed by atoms with Crippen LogP contribution in [-0.2, 0) is 26.0 Å². The molecule has 1 aliphatic carbocycles. The molecule has 35 heavy (non-hydrogen) atoms. The van der Waals surface area contributed by atoms with Crippen molar-refractivity contribution in [2.45, 2.75) is 38.8 Å². The summed E-state index contributed by atoms with van der Waals surface area (Å²) < 4.78 is 5.88. The van der Waals surface area contributed by atoms with Gasteiger partial charge in [0.05, 0.1) is 5.56 Å². The first-order valence-electron chi connectivity index (χ1n) is 12.0. The molecule has 5 heteroatoms. The van der Waals surface area contributed by atoms with Crippen molar-refractivity contribution in [3.63, 3.8) is 0 Å². The molecule has 3 aromatic carbocycles. The fourth-order valence-electron chi connectivity index (χ4n) is 4.27. The highest BCUT2D eigenvalue weighted by Gasteiger charge is 2.25. The Balaban J connectivity index is 1.29. The van der Waals surface area contributed by atoms with Gasteiger partial charge in [0.1, 0.15) is 17.4 Å². The number of carbonyl (C=O) groups excluding carboxylic acids is 1. The molecule has 1 aliphatic rings. The van der Waals surface area contributed by atoms with Gasteiger partial charge in [-0.25, -0.2) is 4.99 Å². The predicted octanol–water partition coefficient (Wildman–Crippen LogP) is 6.89. The van der Waals surface area contributed by atoms with Gasteiger partial charge < -0.3 is 10.1 Å². The van der Waals surface area contributed by atoms with Crippen LogP contribution in [0.5, 0.6) is 5.75 Å². The van der Waals surface area contributed by atoms with E-state index < -0.39 is 0 Å². The minimum absolute atomic E-state index is 0.0370. The van der Waals surface area contributed by atoms with Crippen LogP contribution in [0.4, 0.5) is 5.00 Å². The standard InChI is InChI=1S/C30H28N2O2S/c33-29(31-19-22-9-3-1-4-10-22)28-26-13-7-8-14-27(26)35-30(28)32-20-23-15-17-25(18-16-23)34-21-24-11-5-2-6-12-24/h1-6,9-12,15-18,20H,7-8,13-14,19,21H2,(H,31,33). The third-order valence-electron chi connectivity index (χ3n) is 6.13. The molecule has 0 bridgehead atoms. The van der Waals surface area contributed by atoms with Crippen molar-refractivity contribution in [1.29, 1.82) is 0 Å². The van der Waals surface area contributed by atoms with E-state index >= 15 is 0 Å². The van der Waals surface area contributed by atoms with Crippen molar-refractivity contribution < 1.29 is 9.53 Å². The van der Waals surface area contributed by atoms with Crippen LogP contribution in [-0.4, -0.2) is 12.1 Å². The second-order valence-electron chi connectivity index (χ2n) is 8.66. The number of nitrogens with zero attached hydrogens (tertiary/aromatic N) is 1. The van der Waals surface area contributed by atoms with Gasteiger partial charge in [0, 0.05) is 17.6 Å². The quantitative estimate of drug-likeness (QED) is 0.279. The summed E-state index contributed by atoms with van der Waals surface area (Å²) in [5.41, 5.74) is 5.13. The van der Waals surface area contributed by atoms with Crippen LogP contribution in [0.3, 0.4) is 0 Å². The molecule has 1 N–H and O–H groups in total. The summed E-state index contributed by atoms with van der Waals surface area (Å²) in [6.45, 7) is 1.05. The molecule has 1 aromatic heterocycles. The van der Waals surface area contributed by atoms with Gasteiger partial charge in [0.25, 0.3) is 5.91 Å². The molecule has 0 radical (unpaired) electrons. The van der Waals surface area contributed by atoms with E-state index in [0.717, 1.165) is 52.3 Å². The summed E-state index contributed by atoms with van der Waals surface area (Å²) in [6.07, 6.45) is 6.11. The van der Waals surface area contributed by atoms with Crippen molar-refractivity contribution in [3.05, 3.63) is 118 Å². The van der Waals surface area contributed by atoms with Gasteiger partial charge in [-0.05, 0) is 72.2 Å². The van der Waals surface area contributed by atoms with E-state index in [9.17, 15) is 4.79 Å². The van der Waals surface area contributed by atoms with E-state index in [2.05, 4.69) is 17.4 Å². The maximum Gasteiger partial charge on any atom is 0.254 e. The lowest BCUT2D eigenvalue weighted by Crippen LogP contribution is -2.24. The maximum atomic E-state index is 13.2. The van der Waals surface area contributed by atoms with Crippen LogP contribution < -0.4 is 10.1 Å². The van der Waals surface area contributed by atoms with Crippen LogP contribution in [0.25, 0.3) is 0 Å². The Morgan fingerprint density at radius 3 is 2.31 bits per heavy atom. The van der Waals surface area contributed by atoms with Crippen molar-refractivity contribution in [1.82, 2.24) is 5.32 Å². The molecule has 0 unspecified atom stereocenters. The summed E-state index contributed by atoms with van der Waals surface area (Å²) in [5.74, 6) is 0.781. The van der Waals surface area contributed by atoms with Crippen LogP contribution in [0.1, 0.15) is 50.3 Å². The number of amides is 1. The Hall–Kier alpha value is -3.70. The summed E-state index contributed by atoms with van der Waals surface area (Å²) in [5, 5.41) is 3.90. The fraction of sp³-hybridized carbons (Fsp3) is 0.200. The minimum atomic E-state index is -0.0370. The summed E-state index contributed by atoms with van der Waals surface area (Å²) in [7, 11) is 0. The van der Waals surface area contributed by atoms with Gasteiger partial charge in [0.15, 0.2) is 0 Å². The molecule has 0 atom stereocenters. The Morgan fingerprint density at radius 1 is 0.886 bits per heavy atom. The highest BCUT2D eigenvalue weighted by atomic mass is 32.1. The van der Waals surface area contributed by atoms with Gasteiger partial charge in [-0.15, -0.1) is 11.3 Å². The summed E-state index contributed by atoms with van der Waals surface area (Å²) in [6, 6.07) is 28.0. The zero-order valence-electron chi connectivity index (χ0n) is 19.6. The Labute approximate surface area is 210 Å². The number of thiophene rings is 1. The molecule has 0 aliphatic heterocycles. The first-order valence-corrected chi connectivity index (χ1v) is 12.9. The number of benzene rings is 3. The van der Waals surface area contributed by atoms with Crippen molar-refractivity contribution in [3.8, 4) is 5.75 Å². The Bertz CT molecular complexity index is 1300. The molecule has 0 fully saturated rings. The number of hydrogen-bond donors (Lipinski definition) is 1. The van der Waals surface area contributed by atoms with Crippen LogP contribution in [0.15, 0.2) is 89.9 Å². The molecule has 0 spiro atoms. The monoisotopic (exact) mass is 480 g/mol. The van der Waals surface area contributed by atoms with E-state index in [1.54, 1.807) is 11.3 Å². The number of ether oxygens (including phenoxy) is 1. The molecular weight excluding hydrogens is 452 g/mol. The molecule has 5 rings (SSSR count). The smallest absolute Gasteiger partial charge is 0.254 e. The lowest BCUT2D eigenvalue weighted by Gasteiger charge is -2.12. The largest absolute Gasteiger partial charge is 0.489 e. The number of rotatable bonds is 8. The lowest BCUT2D eigenvalue weighted by molar-refractivity contribution is 0.0951. The highest BCUT2D eigenvalue weighted by Crippen LogP contribution is 2.39. The van der Waals surface area contributed by atoms with Crippen LogP contribution in [0.2, 0.25) is 0 Å². The predicted molar refractivity (Wildman–Crippen MR) is 143 cm³/mol. The molecule has 4 nitrogen and oxygen atoms in total. The number of nitrogens with one attached hydrogen (secondary N) is 1. The van der Waals surface area contributed by atoms with Gasteiger partial charge in [0.2, 0.25) is 0 Å². The summed E-state index contributed by atoms with van der Waals surface area (Å²) in [4.78, 5) is 19.3. The SMILES string of the molecule is O=C(NCc1ccccc1)c1c(N=Cc2ccc(OCc3ccccc3)cc2)sc2c1CCCC2. The van der Waals surface area contributed by atoms with E-state index in [1.165, 1.54) is 16.9 Å². The van der Waals surface area contributed by atoms with Crippen LogP contribution >= 0.6 is 11.3 Å². The number of hydrogen-bond acceptors (Lipinski definition) is 4. The lowest BCUT2D eigenvalue weighted by atomic mass is 9.95. The molecule has 1 heterocycles. The zero-order valence-corrected chi connectivity index (χ0v) is 20.4. The fourth-order valence-corrected chi connectivity index (χ4v) is 5.50. The zero-order chi connectivity index (χ0) is 23.9. The third kappa shape index (κ3) is 5.87. The van der Waals surface area contributed by atoms with Crippen molar-refractivity contribution in [2.24, 2.45) is 4.99 Å². The molecule has 0 saturated carbocycles.